The maximum atomic E-state index is 12.6. The number of fused-ring (bicyclic) bond motifs is 1. The maximum absolute atomic E-state index is 12.6. The molecule has 2 aromatic rings. The first-order valence-electron chi connectivity index (χ1n) is 9.96. The van der Waals surface area contributed by atoms with Crippen molar-refractivity contribution in [3.05, 3.63) is 53.6 Å². The highest BCUT2D eigenvalue weighted by atomic mass is 16.5. The van der Waals surface area contributed by atoms with Gasteiger partial charge in [-0.05, 0) is 48.2 Å². The van der Waals surface area contributed by atoms with E-state index in [1.807, 2.05) is 24.3 Å². The Balaban J connectivity index is 1.69. The van der Waals surface area contributed by atoms with Gasteiger partial charge < -0.3 is 20.1 Å². The van der Waals surface area contributed by atoms with Crippen LogP contribution in [0.1, 0.15) is 48.5 Å². The zero-order valence-electron chi connectivity index (χ0n) is 17.2. The number of carbonyl (C=O) groups is 3. The molecule has 0 saturated heterocycles. The summed E-state index contributed by atoms with van der Waals surface area (Å²) < 4.78 is 11.1. The number of anilines is 1. The first kappa shape index (κ1) is 21.4. The van der Waals surface area contributed by atoms with E-state index in [2.05, 4.69) is 13.8 Å². The summed E-state index contributed by atoms with van der Waals surface area (Å²) >= 11 is 0. The fourth-order valence-electron chi connectivity index (χ4n) is 3.21. The average Bonchev–Trinajstić information content (AvgIpc) is 2.73. The highest BCUT2D eigenvalue weighted by Gasteiger charge is 2.26. The zero-order chi connectivity index (χ0) is 21.7. The van der Waals surface area contributed by atoms with Gasteiger partial charge in [0.1, 0.15) is 11.5 Å². The quantitative estimate of drug-likeness (QED) is 0.641. The minimum absolute atomic E-state index is 0.0770. The number of Topliss-reactive ketones (excluding diaryl/α,β-unsaturated/α-hetero) is 1. The molecule has 2 aromatic carbocycles. The average molecular weight is 410 g/mol. The van der Waals surface area contributed by atoms with Gasteiger partial charge in [0, 0.05) is 18.5 Å². The molecule has 0 radical (unpaired) electrons. The predicted molar refractivity (Wildman–Crippen MR) is 113 cm³/mol. The third kappa shape index (κ3) is 5.17. The lowest BCUT2D eigenvalue weighted by molar-refractivity contribution is -0.122. The molecule has 0 fully saturated rings. The molecule has 0 saturated carbocycles. The molecule has 1 aliphatic rings. The second-order valence-corrected chi connectivity index (χ2v) is 7.52. The Morgan fingerprint density at radius 1 is 1.17 bits per heavy atom. The van der Waals surface area contributed by atoms with E-state index >= 15 is 0 Å². The van der Waals surface area contributed by atoms with Gasteiger partial charge in [0.2, 0.25) is 5.91 Å². The molecule has 3 rings (SSSR count). The van der Waals surface area contributed by atoms with Crippen LogP contribution in [0.3, 0.4) is 0 Å². The molecule has 2 amide bonds. The highest BCUT2D eigenvalue weighted by molar-refractivity contribution is 6.02. The summed E-state index contributed by atoms with van der Waals surface area (Å²) in [5, 5.41) is 0. The van der Waals surface area contributed by atoms with E-state index in [0.717, 1.165) is 0 Å². The Kier molecular flexibility index (Phi) is 6.72. The van der Waals surface area contributed by atoms with Crippen molar-refractivity contribution in [1.82, 2.24) is 0 Å². The van der Waals surface area contributed by atoms with E-state index in [1.54, 1.807) is 18.2 Å². The fourth-order valence-corrected chi connectivity index (χ4v) is 3.21. The number of amides is 2. The molecule has 158 valence electrons. The topological polar surface area (TPSA) is 98.9 Å². The number of carbonyl (C=O) groups excluding carboxylic acids is 3. The van der Waals surface area contributed by atoms with Gasteiger partial charge in [-0.2, -0.15) is 0 Å². The van der Waals surface area contributed by atoms with E-state index in [4.69, 9.17) is 15.2 Å². The molecule has 0 atom stereocenters. The molecule has 30 heavy (non-hydrogen) atoms. The molecule has 1 aliphatic heterocycles. The van der Waals surface area contributed by atoms with E-state index in [1.165, 1.54) is 10.5 Å². The lowest BCUT2D eigenvalue weighted by Gasteiger charge is -2.29. The van der Waals surface area contributed by atoms with Crippen LogP contribution in [0.25, 0.3) is 0 Å². The number of nitrogens with zero attached hydrogens (tertiary/aromatic N) is 1. The number of nitrogens with two attached hydrogens (primary N) is 1. The Hall–Kier alpha value is -3.35. The van der Waals surface area contributed by atoms with Gasteiger partial charge in [0.25, 0.3) is 5.91 Å². The Morgan fingerprint density at radius 3 is 2.57 bits per heavy atom. The van der Waals surface area contributed by atoms with Crippen molar-refractivity contribution in [2.45, 2.75) is 32.6 Å². The van der Waals surface area contributed by atoms with E-state index in [-0.39, 0.29) is 31.3 Å². The van der Waals surface area contributed by atoms with E-state index < -0.39 is 5.91 Å². The third-order valence-corrected chi connectivity index (χ3v) is 4.95. The molecule has 0 unspecified atom stereocenters. The SMILES string of the molecule is CC(C)c1ccc(OCC(=O)c2ccc3c(c2)N(CCCC(N)=O)C(=O)CO3)cc1. The van der Waals surface area contributed by atoms with Gasteiger partial charge in [-0.15, -0.1) is 0 Å². The lowest BCUT2D eigenvalue weighted by Crippen LogP contribution is -2.39. The minimum Gasteiger partial charge on any atom is -0.485 e. The van der Waals surface area contributed by atoms with Crippen LogP contribution in [0.15, 0.2) is 42.5 Å². The highest BCUT2D eigenvalue weighted by Crippen LogP contribution is 2.33. The molecule has 1 heterocycles. The van der Waals surface area contributed by atoms with E-state index in [0.29, 0.717) is 41.6 Å². The normalized spacial score (nSPS) is 13.0. The van der Waals surface area contributed by atoms with Crippen LogP contribution in [-0.2, 0) is 9.59 Å². The second-order valence-electron chi connectivity index (χ2n) is 7.52. The van der Waals surface area contributed by atoms with Crippen LogP contribution in [0.4, 0.5) is 5.69 Å². The molecular formula is C23H26N2O5. The monoisotopic (exact) mass is 410 g/mol. The Labute approximate surface area is 175 Å². The smallest absolute Gasteiger partial charge is 0.265 e. The van der Waals surface area contributed by atoms with Crippen molar-refractivity contribution in [3.63, 3.8) is 0 Å². The summed E-state index contributed by atoms with van der Waals surface area (Å²) in [6, 6.07) is 12.6. The van der Waals surface area contributed by atoms with Gasteiger partial charge in [-0.25, -0.2) is 0 Å². The summed E-state index contributed by atoms with van der Waals surface area (Å²) in [7, 11) is 0. The molecule has 7 nitrogen and oxygen atoms in total. The zero-order valence-corrected chi connectivity index (χ0v) is 17.2. The Bertz CT molecular complexity index is 937. The molecule has 0 bridgehead atoms. The summed E-state index contributed by atoms with van der Waals surface area (Å²) in [5.74, 6) is 0.720. The van der Waals surface area contributed by atoms with Gasteiger partial charge in [-0.1, -0.05) is 26.0 Å². The minimum atomic E-state index is -0.418. The van der Waals surface area contributed by atoms with Crippen molar-refractivity contribution in [2.24, 2.45) is 5.73 Å². The van der Waals surface area contributed by atoms with Crippen LogP contribution in [0, 0.1) is 0 Å². The van der Waals surface area contributed by atoms with Crippen LogP contribution in [-0.4, -0.2) is 37.4 Å². The predicted octanol–water partition coefficient (Wildman–Crippen LogP) is 3.06. The molecule has 0 spiro atoms. The summed E-state index contributed by atoms with van der Waals surface area (Å²) in [4.78, 5) is 37.4. The molecule has 2 N–H and O–H groups in total. The van der Waals surface area contributed by atoms with Crippen molar-refractivity contribution in [1.29, 1.82) is 0 Å². The second kappa shape index (κ2) is 9.43. The first-order chi connectivity index (χ1) is 14.3. The maximum Gasteiger partial charge on any atom is 0.265 e. The van der Waals surface area contributed by atoms with Crippen molar-refractivity contribution in [2.75, 3.05) is 24.7 Å². The van der Waals surface area contributed by atoms with Crippen LogP contribution < -0.4 is 20.1 Å². The van der Waals surface area contributed by atoms with Crippen LogP contribution in [0.5, 0.6) is 11.5 Å². The third-order valence-electron chi connectivity index (χ3n) is 4.95. The van der Waals surface area contributed by atoms with Gasteiger partial charge in [0.15, 0.2) is 19.0 Å². The molecule has 7 heteroatoms. The number of rotatable bonds is 9. The van der Waals surface area contributed by atoms with Crippen LogP contribution in [0.2, 0.25) is 0 Å². The summed E-state index contributed by atoms with van der Waals surface area (Å²) in [5.41, 5.74) is 7.32. The lowest BCUT2D eigenvalue weighted by atomic mass is 10.0. The summed E-state index contributed by atoms with van der Waals surface area (Å²) in [6.07, 6.45) is 0.621. The fraction of sp³-hybridized carbons (Fsp3) is 0.348. The summed E-state index contributed by atoms with van der Waals surface area (Å²) in [6.45, 7) is 4.36. The molecule has 0 aromatic heterocycles. The van der Waals surface area contributed by atoms with Gasteiger partial charge >= 0.3 is 0 Å². The van der Waals surface area contributed by atoms with Crippen molar-refractivity contribution >= 4 is 23.3 Å². The Morgan fingerprint density at radius 2 is 1.90 bits per heavy atom. The van der Waals surface area contributed by atoms with Crippen LogP contribution >= 0.6 is 0 Å². The van der Waals surface area contributed by atoms with Crippen molar-refractivity contribution in [3.8, 4) is 11.5 Å². The largest absolute Gasteiger partial charge is 0.485 e. The first-order valence-corrected chi connectivity index (χ1v) is 9.96. The van der Waals surface area contributed by atoms with Gasteiger partial charge in [-0.3, -0.25) is 14.4 Å². The van der Waals surface area contributed by atoms with Gasteiger partial charge in [0.05, 0.1) is 5.69 Å². The molecule has 0 aliphatic carbocycles. The number of hydrogen-bond acceptors (Lipinski definition) is 5. The number of ketones is 1. The number of benzene rings is 2. The standard InChI is InChI=1S/C23H26N2O5/c1-15(2)16-5-8-18(9-6-16)29-13-20(26)17-7-10-21-19(12-17)25(23(28)14-30-21)11-3-4-22(24)27/h5-10,12,15H,3-4,11,13-14H2,1-2H3,(H2,24,27). The van der Waals surface area contributed by atoms with E-state index in [9.17, 15) is 14.4 Å². The molecular weight excluding hydrogens is 384 g/mol. The number of ether oxygens (including phenoxy) is 2. The van der Waals surface area contributed by atoms with Crippen molar-refractivity contribution < 1.29 is 23.9 Å². The number of hydrogen-bond donors (Lipinski definition) is 1. The number of primary amides is 1.